The first-order valence-corrected chi connectivity index (χ1v) is 9.07. The first-order chi connectivity index (χ1) is 14.5. The molecule has 0 aliphatic carbocycles. The van der Waals surface area contributed by atoms with Crippen LogP contribution in [0.25, 0.3) is 10.9 Å². The van der Waals surface area contributed by atoms with Crippen LogP contribution in [0.5, 0.6) is 5.75 Å². The lowest BCUT2D eigenvalue weighted by Gasteiger charge is -2.26. The Labute approximate surface area is 170 Å². The number of ether oxygens (including phenoxy) is 1. The van der Waals surface area contributed by atoms with Crippen LogP contribution in [0.3, 0.4) is 0 Å². The fraction of sp³-hybridized carbons (Fsp3) is 0.200. The molecule has 4 heterocycles. The van der Waals surface area contributed by atoms with Crippen LogP contribution in [0.15, 0.2) is 36.7 Å². The van der Waals surface area contributed by atoms with E-state index in [2.05, 4.69) is 20.3 Å². The number of cyclic esters (lactones) is 1. The third-order valence-electron chi connectivity index (χ3n) is 4.58. The van der Waals surface area contributed by atoms with Crippen molar-refractivity contribution in [2.24, 2.45) is 0 Å². The number of amides is 1. The molecule has 1 aliphatic rings. The molecule has 0 saturated carbocycles. The second-order valence-corrected chi connectivity index (χ2v) is 6.55. The summed E-state index contributed by atoms with van der Waals surface area (Å²) in [6.07, 6.45) is 2.90. The summed E-state index contributed by atoms with van der Waals surface area (Å²) in [6.45, 7) is 1.08. The molecule has 30 heavy (non-hydrogen) atoms. The number of nitrogens with one attached hydrogen (secondary N) is 1. The van der Waals surface area contributed by atoms with E-state index >= 15 is 0 Å². The molecule has 1 amide bonds. The molecule has 1 fully saturated rings. The Morgan fingerprint density at radius 3 is 2.87 bits per heavy atom. The number of nitriles is 1. The fourth-order valence-corrected chi connectivity index (χ4v) is 3.03. The minimum absolute atomic E-state index is 0.0998. The van der Waals surface area contributed by atoms with Gasteiger partial charge in [-0.15, -0.1) is 0 Å². The topological polar surface area (TPSA) is 141 Å². The average Bonchev–Trinajstić information content (AvgIpc) is 2.78. The van der Waals surface area contributed by atoms with Gasteiger partial charge in [0.2, 0.25) is 0 Å². The van der Waals surface area contributed by atoms with E-state index in [4.69, 9.17) is 10.00 Å². The number of carbonyl (C=O) groups is 2. The highest BCUT2D eigenvalue weighted by Gasteiger charge is 2.21. The summed E-state index contributed by atoms with van der Waals surface area (Å²) in [4.78, 5) is 38.1. The van der Waals surface area contributed by atoms with E-state index in [-0.39, 0.29) is 42.8 Å². The highest BCUT2D eigenvalue weighted by molar-refractivity contribution is 6.00. The maximum absolute atomic E-state index is 12.5. The third-order valence-corrected chi connectivity index (χ3v) is 4.58. The Morgan fingerprint density at radius 1 is 1.27 bits per heavy atom. The monoisotopic (exact) mass is 404 g/mol. The van der Waals surface area contributed by atoms with Gasteiger partial charge >= 0.3 is 5.97 Å². The quantitative estimate of drug-likeness (QED) is 0.606. The Kier molecular flexibility index (Phi) is 5.09. The molecule has 2 N–H and O–H groups in total. The minimum Gasteiger partial charge on any atom is -0.505 e. The van der Waals surface area contributed by atoms with Gasteiger partial charge in [-0.2, -0.15) is 5.26 Å². The molecule has 0 aromatic carbocycles. The number of esters is 1. The van der Waals surface area contributed by atoms with Gasteiger partial charge < -0.3 is 20.1 Å². The summed E-state index contributed by atoms with van der Waals surface area (Å²) < 4.78 is 4.92. The number of morpholine rings is 1. The van der Waals surface area contributed by atoms with E-state index < -0.39 is 5.91 Å². The van der Waals surface area contributed by atoms with Crippen molar-refractivity contribution in [1.82, 2.24) is 20.3 Å². The van der Waals surface area contributed by atoms with Gasteiger partial charge in [-0.1, -0.05) is 6.07 Å². The predicted molar refractivity (Wildman–Crippen MR) is 104 cm³/mol. The first-order valence-electron chi connectivity index (χ1n) is 9.07. The lowest BCUT2D eigenvalue weighted by Crippen LogP contribution is -2.40. The third kappa shape index (κ3) is 3.81. The zero-order valence-electron chi connectivity index (χ0n) is 15.7. The molecule has 4 rings (SSSR count). The van der Waals surface area contributed by atoms with Crippen LogP contribution in [0.4, 0.5) is 5.82 Å². The molecule has 1 aliphatic heterocycles. The summed E-state index contributed by atoms with van der Waals surface area (Å²) in [6, 6.07) is 8.47. The zero-order valence-corrected chi connectivity index (χ0v) is 15.7. The number of fused-ring (bicyclic) bond motifs is 1. The number of rotatable bonds is 4. The summed E-state index contributed by atoms with van der Waals surface area (Å²) in [5, 5.41) is 22.3. The summed E-state index contributed by atoms with van der Waals surface area (Å²) >= 11 is 0. The molecule has 10 nitrogen and oxygen atoms in total. The number of hydrogen-bond acceptors (Lipinski definition) is 9. The van der Waals surface area contributed by atoms with Crippen molar-refractivity contribution >= 4 is 28.6 Å². The normalized spacial score (nSPS) is 13.6. The van der Waals surface area contributed by atoms with Gasteiger partial charge in [0.05, 0.1) is 18.3 Å². The van der Waals surface area contributed by atoms with Crippen molar-refractivity contribution in [1.29, 1.82) is 5.26 Å². The van der Waals surface area contributed by atoms with Crippen molar-refractivity contribution in [3.63, 3.8) is 0 Å². The molecule has 0 atom stereocenters. The summed E-state index contributed by atoms with van der Waals surface area (Å²) in [5.41, 5.74) is 1.26. The Hall–Kier alpha value is -4.26. The van der Waals surface area contributed by atoms with Gasteiger partial charge in [0.25, 0.3) is 5.91 Å². The molecule has 3 aromatic rings. The van der Waals surface area contributed by atoms with E-state index in [1.54, 1.807) is 29.2 Å². The van der Waals surface area contributed by atoms with E-state index in [9.17, 15) is 14.7 Å². The van der Waals surface area contributed by atoms with E-state index in [1.807, 2.05) is 6.07 Å². The number of aromatic hydroxyl groups is 1. The van der Waals surface area contributed by atoms with Gasteiger partial charge in [-0.3, -0.25) is 9.59 Å². The largest absolute Gasteiger partial charge is 0.505 e. The van der Waals surface area contributed by atoms with Crippen molar-refractivity contribution in [3.05, 3.63) is 53.6 Å². The zero-order chi connectivity index (χ0) is 21.1. The van der Waals surface area contributed by atoms with E-state index in [1.165, 1.54) is 12.4 Å². The van der Waals surface area contributed by atoms with Crippen LogP contribution >= 0.6 is 0 Å². The number of aromatic nitrogens is 3. The molecule has 0 bridgehead atoms. The molecular weight excluding hydrogens is 388 g/mol. The average molecular weight is 404 g/mol. The van der Waals surface area contributed by atoms with Gasteiger partial charge in [0.15, 0.2) is 11.4 Å². The molecule has 0 unspecified atom stereocenters. The molecule has 10 heteroatoms. The minimum atomic E-state index is -0.554. The van der Waals surface area contributed by atoms with Gasteiger partial charge in [-0.25, -0.2) is 15.0 Å². The van der Waals surface area contributed by atoms with E-state index in [0.717, 1.165) is 0 Å². The fourth-order valence-electron chi connectivity index (χ4n) is 3.03. The highest BCUT2D eigenvalue weighted by atomic mass is 16.5. The standard InChI is InChI=1S/C20H16N6O4/c21-7-13-2-1-12(8-22-13)9-24-20(29)18-19(28)14-3-4-16(25-15(14)10-23-18)26-5-6-30-17(27)11-26/h1-4,8,10,28H,5-6,9,11H2,(H,24,29). The lowest BCUT2D eigenvalue weighted by molar-refractivity contribution is -0.143. The molecule has 0 spiro atoms. The smallest absolute Gasteiger partial charge is 0.325 e. The van der Waals surface area contributed by atoms with Crippen LogP contribution in [0.2, 0.25) is 0 Å². The molecular formula is C20H16N6O4. The summed E-state index contributed by atoms with van der Waals surface area (Å²) in [5.74, 6) is -0.596. The SMILES string of the molecule is N#Cc1ccc(CNC(=O)c2ncc3nc(N4CCOC(=O)C4)ccc3c2O)cn1. The van der Waals surface area contributed by atoms with Crippen molar-refractivity contribution in [3.8, 4) is 11.8 Å². The van der Waals surface area contributed by atoms with Crippen LogP contribution in [-0.4, -0.2) is 51.6 Å². The van der Waals surface area contributed by atoms with Crippen LogP contribution in [0.1, 0.15) is 21.7 Å². The Bertz CT molecular complexity index is 1170. The number of carbonyl (C=O) groups excluding carboxylic acids is 2. The van der Waals surface area contributed by atoms with Gasteiger partial charge in [0, 0.05) is 18.1 Å². The molecule has 0 radical (unpaired) electrons. The van der Waals surface area contributed by atoms with Crippen LogP contribution in [0, 0.1) is 11.3 Å². The predicted octanol–water partition coefficient (Wildman–Crippen LogP) is 0.895. The van der Waals surface area contributed by atoms with Crippen LogP contribution < -0.4 is 10.2 Å². The first kappa shape index (κ1) is 19.1. The lowest BCUT2D eigenvalue weighted by atomic mass is 10.2. The van der Waals surface area contributed by atoms with Crippen molar-refractivity contribution < 1.29 is 19.4 Å². The highest BCUT2D eigenvalue weighted by Crippen LogP contribution is 2.28. The second kappa shape index (κ2) is 8.00. The Morgan fingerprint density at radius 2 is 2.13 bits per heavy atom. The molecule has 150 valence electrons. The maximum atomic E-state index is 12.5. The number of nitrogens with zero attached hydrogens (tertiary/aromatic N) is 5. The van der Waals surface area contributed by atoms with E-state index in [0.29, 0.717) is 28.8 Å². The number of anilines is 1. The van der Waals surface area contributed by atoms with Crippen LogP contribution in [-0.2, 0) is 16.1 Å². The van der Waals surface area contributed by atoms with Gasteiger partial charge in [0.1, 0.15) is 30.7 Å². The molecule has 1 saturated heterocycles. The Balaban J connectivity index is 1.52. The second-order valence-electron chi connectivity index (χ2n) is 6.55. The summed E-state index contributed by atoms with van der Waals surface area (Å²) in [7, 11) is 0. The van der Waals surface area contributed by atoms with Gasteiger partial charge in [-0.05, 0) is 23.8 Å². The number of hydrogen-bond donors (Lipinski definition) is 2. The maximum Gasteiger partial charge on any atom is 0.325 e. The number of pyridine rings is 3. The molecule has 3 aromatic heterocycles. The van der Waals surface area contributed by atoms with Crippen molar-refractivity contribution in [2.45, 2.75) is 6.54 Å². The van der Waals surface area contributed by atoms with Crippen molar-refractivity contribution in [2.75, 3.05) is 24.6 Å².